The summed E-state index contributed by atoms with van der Waals surface area (Å²) in [4.78, 5) is 9.33. The highest BCUT2D eigenvalue weighted by atomic mass is 16.5. The lowest BCUT2D eigenvalue weighted by atomic mass is 10.0. The topological polar surface area (TPSA) is 53.5 Å². The quantitative estimate of drug-likeness (QED) is 0.427. The van der Waals surface area contributed by atoms with E-state index in [4.69, 9.17) is 19.2 Å². The van der Waals surface area contributed by atoms with Crippen molar-refractivity contribution < 1.29 is 14.2 Å². The van der Waals surface area contributed by atoms with Crippen LogP contribution in [0.2, 0.25) is 0 Å². The molecule has 0 spiro atoms. The Balaban J connectivity index is 1.67. The summed E-state index contributed by atoms with van der Waals surface area (Å²) in [5, 5.41) is 0.846. The molecule has 152 valence electrons. The van der Waals surface area contributed by atoms with E-state index in [0.29, 0.717) is 23.9 Å². The lowest BCUT2D eigenvalue weighted by Crippen LogP contribution is -2.00. The molecule has 0 radical (unpaired) electrons. The third kappa shape index (κ3) is 3.92. The van der Waals surface area contributed by atoms with Gasteiger partial charge in [0.2, 0.25) is 0 Å². The smallest absolute Gasteiger partial charge is 0.159 e. The first-order valence-corrected chi connectivity index (χ1v) is 9.76. The summed E-state index contributed by atoms with van der Waals surface area (Å²) >= 11 is 0. The zero-order valence-electron chi connectivity index (χ0n) is 17.6. The van der Waals surface area contributed by atoms with Gasteiger partial charge in [-0.3, -0.25) is 0 Å². The average Bonchev–Trinajstić information content (AvgIpc) is 2.77. The van der Waals surface area contributed by atoms with Crippen LogP contribution in [0.1, 0.15) is 16.7 Å². The molecule has 4 rings (SSSR count). The SMILES string of the molecule is COc1cc(OC)c2cnc(-c3cc(C)c(OCc4ccccc4)c(C)c3)nc2c1. The Hall–Kier alpha value is -3.60. The number of hydrogen-bond donors (Lipinski definition) is 0. The predicted octanol–water partition coefficient (Wildman–Crippen LogP) is 5.51. The van der Waals surface area contributed by atoms with Crippen molar-refractivity contribution in [3.05, 3.63) is 77.5 Å². The van der Waals surface area contributed by atoms with Crippen molar-refractivity contribution in [1.82, 2.24) is 9.97 Å². The van der Waals surface area contributed by atoms with Crippen LogP contribution in [0.5, 0.6) is 17.2 Å². The van der Waals surface area contributed by atoms with Crippen LogP contribution in [0, 0.1) is 13.8 Å². The molecule has 30 heavy (non-hydrogen) atoms. The molecule has 1 heterocycles. The molecule has 3 aromatic carbocycles. The second-order valence-electron chi connectivity index (χ2n) is 7.17. The van der Waals surface area contributed by atoms with Gasteiger partial charge < -0.3 is 14.2 Å². The predicted molar refractivity (Wildman–Crippen MR) is 118 cm³/mol. The van der Waals surface area contributed by atoms with Crippen molar-refractivity contribution in [1.29, 1.82) is 0 Å². The molecule has 5 nitrogen and oxygen atoms in total. The van der Waals surface area contributed by atoms with Crippen LogP contribution >= 0.6 is 0 Å². The number of methoxy groups -OCH3 is 2. The first-order valence-electron chi connectivity index (χ1n) is 9.76. The highest BCUT2D eigenvalue weighted by molar-refractivity contribution is 5.87. The Morgan fingerprint density at radius 3 is 2.27 bits per heavy atom. The second kappa shape index (κ2) is 8.41. The summed E-state index contributed by atoms with van der Waals surface area (Å²) in [7, 11) is 3.26. The van der Waals surface area contributed by atoms with Crippen molar-refractivity contribution in [3.8, 4) is 28.6 Å². The first-order chi connectivity index (χ1) is 14.6. The molecule has 0 aliphatic rings. The third-order valence-electron chi connectivity index (χ3n) is 5.04. The van der Waals surface area contributed by atoms with Crippen molar-refractivity contribution >= 4 is 10.9 Å². The summed E-state index contributed by atoms with van der Waals surface area (Å²) < 4.78 is 16.9. The van der Waals surface area contributed by atoms with Gasteiger partial charge in [-0.1, -0.05) is 30.3 Å². The van der Waals surface area contributed by atoms with E-state index < -0.39 is 0 Å². The molecule has 4 aromatic rings. The molecule has 0 atom stereocenters. The first kappa shape index (κ1) is 19.7. The molecule has 0 amide bonds. The standard InChI is InChI=1S/C25H24N2O3/c1-16-10-19(11-17(2)24(16)30-15-18-8-6-5-7-9-18)25-26-14-21-22(27-25)12-20(28-3)13-23(21)29-4/h5-14H,15H2,1-4H3. The van der Waals surface area contributed by atoms with E-state index in [2.05, 4.69) is 29.2 Å². The van der Waals surface area contributed by atoms with E-state index in [1.165, 1.54) is 0 Å². The minimum absolute atomic E-state index is 0.536. The van der Waals surface area contributed by atoms with Crippen LogP contribution in [-0.2, 0) is 6.61 Å². The fourth-order valence-corrected chi connectivity index (χ4v) is 3.54. The summed E-state index contributed by atoms with van der Waals surface area (Å²) in [5.41, 5.74) is 4.96. The van der Waals surface area contributed by atoms with Gasteiger partial charge in [-0.05, 0) is 42.7 Å². The number of nitrogens with zero attached hydrogens (tertiary/aromatic N) is 2. The largest absolute Gasteiger partial charge is 0.497 e. The minimum atomic E-state index is 0.536. The molecule has 1 aromatic heterocycles. The zero-order chi connectivity index (χ0) is 21.1. The maximum absolute atomic E-state index is 6.10. The lowest BCUT2D eigenvalue weighted by Gasteiger charge is -2.14. The van der Waals surface area contributed by atoms with Crippen LogP contribution in [-0.4, -0.2) is 24.2 Å². The molecule has 0 N–H and O–H groups in total. The highest BCUT2D eigenvalue weighted by Crippen LogP contribution is 2.33. The molecule has 0 aliphatic heterocycles. The van der Waals surface area contributed by atoms with Crippen molar-refractivity contribution in [2.75, 3.05) is 14.2 Å². The van der Waals surface area contributed by atoms with E-state index in [0.717, 1.165) is 38.9 Å². The second-order valence-corrected chi connectivity index (χ2v) is 7.17. The van der Waals surface area contributed by atoms with Crippen LogP contribution < -0.4 is 14.2 Å². The number of fused-ring (bicyclic) bond motifs is 1. The Kier molecular flexibility index (Phi) is 5.53. The maximum Gasteiger partial charge on any atom is 0.159 e. The summed E-state index contributed by atoms with van der Waals surface area (Å²) in [5.74, 6) is 2.93. The Morgan fingerprint density at radius 2 is 1.60 bits per heavy atom. The monoisotopic (exact) mass is 400 g/mol. The summed E-state index contributed by atoms with van der Waals surface area (Å²) in [6, 6.07) is 18.0. The van der Waals surface area contributed by atoms with Gasteiger partial charge in [0.05, 0.1) is 25.1 Å². The number of aromatic nitrogens is 2. The number of ether oxygens (including phenoxy) is 3. The van der Waals surface area contributed by atoms with Crippen LogP contribution in [0.3, 0.4) is 0 Å². The summed E-state index contributed by atoms with van der Waals surface area (Å²) in [6.07, 6.45) is 1.79. The Labute approximate surface area is 176 Å². The van der Waals surface area contributed by atoms with Gasteiger partial charge in [-0.15, -0.1) is 0 Å². The third-order valence-corrected chi connectivity index (χ3v) is 5.04. The van der Waals surface area contributed by atoms with Gasteiger partial charge in [0.1, 0.15) is 23.9 Å². The molecule has 0 unspecified atom stereocenters. The van der Waals surface area contributed by atoms with Crippen molar-refractivity contribution in [2.45, 2.75) is 20.5 Å². The lowest BCUT2D eigenvalue weighted by molar-refractivity contribution is 0.302. The van der Waals surface area contributed by atoms with E-state index in [9.17, 15) is 0 Å². The molecule has 0 fully saturated rings. The number of benzene rings is 3. The minimum Gasteiger partial charge on any atom is -0.497 e. The van der Waals surface area contributed by atoms with Crippen LogP contribution in [0.4, 0.5) is 0 Å². The van der Waals surface area contributed by atoms with Crippen LogP contribution in [0.25, 0.3) is 22.3 Å². The fraction of sp³-hybridized carbons (Fsp3) is 0.200. The summed E-state index contributed by atoms with van der Waals surface area (Å²) in [6.45, 7) is 4.63. The number of aryl methyl sites for hydroxylation is 2. The number of rotatable bonds is 6. The Morgan fingerprint density at radius 1 is 0.867 bits per heavy atom. The molecule has 0 bridgehead atoms. The van der Waals surface area contributed by atoms with E-state index >= 15 is 0 Å². The van der Waals surface area contributed by atoms with Crippen molar-refractivity contribution in [2.24, 2.45) is 0 Å². The van der Waals surface area contributed by atoms with E-state index in [1.54, 1.807) is 20.4 Å². The van der Waals surface area contributed by atoms with Gasteiger partial charge in [0.15, 0.2) is 5.82 Å². The Bertz CT molecular complexity index is 1170. The normalized spacial score (nSPS) is 10.8. The molecule has 0 saturated carbocycles. The van der Waals surface area contributed by atoms with Gasteiger partial charge in [0, 0.05) is 23.9 Å². The molecule has 5 heteroatoms. The maximum atomic E-state index is 6.10. The number of hydrogen-bond acceptors (Lipinski definition) is 5. The van der Waals surface area contributed by atoms with Crippen molar-refractivity contribution in [3.63, 3.8) is 0 Å². The van der Waals surface area contributed by atoms with E-state index in [1.807, 2.05) is 44.2 Å². The van der Waals surface area contributed by atoms with Crippen LogP contribution in [0.15, 0.2) is 60.8 Å². The average molecular weight is 400 g/mol. The molecule has 0 saturated heterocycles. The zero-order valence-corrected chi connectivity index (χ0v) is 17.6. The van der Waals surface area contributed by atoms with E-state index in [-0.39, 0.29) is 0 Å². The fourth-order valence-electron chi connectivity index (χ4n) is 3.54. The van der Waals surface area contributed by atoms with Gasteiger partial charge >= 0.3 is 0 Å². The van der Waals surface area contributed by atoms with Gasteiger partial charge in [0.25, 0.3) is 0 Å². The highest BCUT2D eigenvalue weighted by Gasteiger charge is 2.13. The molecular weight excluding hydrogens is 376 g/mol. The molecule has 0 aliphatic carbocycles. The van der Waals surface area contributed by atoms with Gasteiger partial charge in [-0.2, -0.15) is 0 Å². The molecular formula is C25H24N2O3. The van der Waals surface area contributed by atoms with Gasteiger partial charge in [-0.25, -0.2) is 9.97 Å².